The number of benzene rings is 1. The van der Waals surface area contributed by atoms with Crippen LogP contribution in [0, 0.1) is 11.3 Å². The van der Waals surface area contributed by atoms with Gasteiger partial charge in [0.2, 0.25) is 5.91 Å². The van der Waals surface area contributed by atoms with Crippen LogP contribution in [0.5, 0.6) is 0 Å². The normalized spacial score (nSPS) is 24.5. The summed E-state index contributed by atoms with van der Waals surface area (Å²) >= 11 is 0. The molecule has 1 aromatic carbocycles. The minimum atomic E-state index is -2.60. The van der Waals surface area contributed by atoms with Gasteiger partial charge in [0.1, 0.15) is 0 Å². The zero-order valence-electron chi connectivity index (χ0n) is 15.7. The molecule has 26 heavy (non-hydrogen) atoms. The largest absolute Gasteiger partial charge is 0.352 e. The number of hydrogen-bond acceptors (Lipinski definition) is 3. The summed E-state index contributed by atoms with van der Waals surface area (Å²) in [7, 11) is -2.60. The first-order valence-electron chi connectivity index (χ1n) is 8.93. The first kappa shape index (κ1) is 20.4. The zero-order valence-corrected chi connectivity index (χ0v) is 16.6. The molecule has 1 N–H and O–H groups in total. The fourth-order valence-electron chi connectivity index (χ4n) is 2.99. The van der Waals surface area contributed by atoms with Crippen LogP contribution in [-0.4, -0.2) is 27.5 Å². The molecule has 0 spiro atoms. The highest BCUT2D eigenvalue weighted by atomic mass is 32.2. The lowest BCUT2D eigenvalue weighted by molar-refractivity contribution is -0.125. The lowest BCUT2D eigenvalue weighted by atomic mass is 9.94. The van der Waals surface area contributed by atoms with Gasteiger partial charge in [-0.05, 0) is 16.9 Å². The molecule has 2 rings (SSSR count). The molecule has 1 aliphatic heterocycles. The highest BCUT2D eigenvalue weighted by molar-refractivity contribution is 7.93. The number of allylic oxidation sites excluding steroid dienone is 2. The van der Waals surface area contributed by atoms with Gasteiger partial charge in [0.25, 0.3) is 5.91 Å². The molecular weight excluding hydrogens is 348 g/mol. The molecule has 0 fully saturated rings. The smallest absolute Gasteiger partial charge is 0.254 e. The topological polar surface area (TPSA) is 75.6 Å². The molecule has 1 aromatic rings. The summed E-state index contributed by atoms with van der Waals surface area (Å²) in [6.07, 6.45) is 4.15. The van der Waals surface area contributed by atoms with Crippen LogP contribution in [0.25, 0.3) is 0 Å². The van der Waals surface area contributed by atoms with Crippen molar-refractivity contribution in [1.82, 2.24) is 5.32 Å². The van der Waals surface area contributed by atoms with Crippen LogP contribution in [0.1, 0.15) is 39.2 Å². The Morgan fingerprint density at radius 1 is 1.23 bits per heavy atom. The number of nitrogens with one attached hydrogen (secondary N) is 1. The molecular formula is C20H28N2O3S. The molecule has 1 aliphatic rings. The molecule has 2 atom stereocenters. The lowest BCUT2D eigenvalue weighted by Gasteiger charge is -2.20. The van der Waals surface area contributed by atoms with E-state index in [1.165, 1.54) is 0 Å². The van der Waals surface area contributed by atoms with Crippen LogP contribution in [0.15, 0.2) is 46.8 Å². The van der Waals surface area contributed by atoms with Crippen molar-refractivity contribution in [3.8, 4) is 0 Å². The van der Waals surface area contributed by atoms with Gasteiger partial charge in [-0.15, -0.1) is 0 Å². The third-order valence-corrected chi connectivity index (χ3v) is 6.94. The van der Waals surface area contributed by atoms with Gasteiger partial charge in [0.15, 0.2) is 0 Å². The van der Waals surface area contributed by atoms with Gasteiger partial charge >= 0.3 is 0 Å². The number of hydrogen-bond donors (Lipinski definition) is 1. The minimum absolute atomic E-state index is 0.0140. The third-order valence-electron chi connectivity index (χ3n) is 4.16. The van der Waals surface area contributed by atoms with E-state index in [4.69, 9.17) is 0 Å². The van der Waals surface area contributed by atoms with Crippen LogP contribution in [0.3, 0.4) is 0 Å². The van der Waals surface area contributed by atoms with Crippen molar-refractivity contribution in [2.75, 3.05) is 11.5 Å². The van der Waals surface area contributed by atoms with Crippen molar-refractivity contribution in [2.45, 2.75) is 40.2 Å². The molecule has 0 bridgehead atoms. The van der Waals surface area contributed by atoms with Crippen LogP contribution in [0.4, 0.5) is 0 Å². The zero-order chi connectivity index (χ0) is 19.2. The van der Waals surface area contributed by atoms with Gasteiger partial charge in [-0.25, -0.2) is 4.21 Å². The first-order valence-corrected chi connectivity index (χ1v) is 10.8. The van der Waals surface area contributed by atoms with Crippen molar-refractivity contribution in [3.63, 3.8) is 0 Å². The molecule has 5 nitrogen and oxygen atoms in total. The number of amides is 2. The third kappa shape index (κ3) is 6.75. The van der Waals surface area contributed by atoms with E-state index in [1.54, 1.807) is 0 Å². The predicted octanol–water partition coefficient (Wildman–Crippen LogP) is 3.31. The molecule has 6 heteroatoms. The quantitative estimate of drug-likeness (QED) is 0.801. The van der Waals surface area contributed by atoms with E-state index in [9.17, 15) is 13.8 Å². The Morgan fingerprint density at radius 2 is 1.92 bits per heavy atom. The molecule has 0 saturated heterocycles. The van der Waals surface area contributed by atoms with Gasteiger partial charge in [-0.3, -0.25) is 9.59 Å². The van der Waals surface area contributed by atoms with Crippen molar-refractivity contribution in [1.29, 1.82) is 0 Å². The summed E-state index contributed by atoms with van der Waals surface area (Å²) in [6.45, 7) is 6.41. The van der Waals surface area contributed by atoms with E-state index < -0.39 is 15.6 Å². The van der Waals surface area contributed by atoms with Gasteiger partial charge in [-0.2, -0.15) is 4.36 Å². The van der Waals surface area contributed by atoms with E-state index in [0.29, 0.717) is 18.1 Å². The molecule has 1 heterocycles. The maximum atomic E-state index is 13.1. The lowest BCUT2D eigenvalue weighted by Crippen LogP contribution is -2.25. The van der Waals surface area contributed by atoms with Crippen molar-refractivity contribution in [2.24, 2.45) is 15.7 Å². The van der Waals surface area contributed by atoms with Crippen LogP contribution < -0.4 is 5.32 Å². The Hall–Kier alpha value is -1.95. The average Bonchev–Trinajstić information content (AvgIpc) is 2.66. The Balaban J connectivity index is 1.89. The average molecular weight is 377 g/mol. The predicted molar refractivity (Wildman–Crippen MR) is 105 cm³/mol. The van der Waals surface area contributed by atoms with E-state index in [0.717, 1.165) is 5.56 Å². The Kier molecular flexibility index (Phi) is 6.75. The summed E-state index contributed by atoms with van der Waals surface area (Å²) < 4.78 is 17.1. The van der Waals surface area contributed by atoms with Gasteiger partial charge in [-0.1, -0.05) is 63.3 Å². The van der Waals surface area contributed by atoms with E-state index in [1.807, 2.05) is 57.2 Å². The summed E-state index contributed by atoms with van der Waals surface area (Å²) in [4.78, 5) is 24.1. The van der Waals surface area contributed by atoms with E-state index in [-0.39, 0.29) is 30.1 Å². The second kappa shape index (κ2) is 8.62. The van der Waals surface area contributed by atoms with Crippen LogP contribution in [0.2, 0.25) is 0 Å². The Morgan fingerprint density at radius 3 is 2.62 bits per heavy atom. The minimum Gasteiger partial charge on any atom is -0.352 e. The van der Waals surface area contributed by atoms with Crippen molar-refractivity contribution in [3.05, 3.63) is 48.0 Å². The van der Waals surface area contributed by atoms with E-state index >= 15 is 0 Å². The van der Waals surface area contributed by atoms with Gasteiger partial charge in [0, 0.05) is 30.9 Å². The number of carbonyl (C=O) groups excluding carboxylic acids is 2. The SMILES string of the molecule is CC1C=CC(C)(C)CS(=O)(=NC(=O)CCC(=O)NCc2ccccc2)C1. The van der Waals surface area contributed by atoms with Crippen molar-refractivity contribution >= 4 is 21.5 Å². The van der Waals surface area contributed by atoms with Gasteiger partial charge in [0.05, 0.1) is 9.73 Å². The number of nitrogens with zero attached hydrogens (tertiary/aromatic N) is 1. The molecule has 0 radical (unpaired) electrons. The summed E-state index contributed by atoms with van der Waals surface area (Å²) in [5.41, 5.74) is 0.751. The Labute approximate surface area is 156 Å². The highest BCUT2D eigenvalue weighted by Crippen LogP contribution is 2.27. The first-order chi connectivity index (χ1) is 12.2. The maximum Gasteiger partial charge on any atom is 0.254 e. The molecule has 2 amide bonds. The second-order valence-electron chi connectivity index (χ2n) is 7.66. The molecule has 142 valence electrons. The standard InChI is InChI=1S/C20H28N2O3S/c1-16-11-12-20(2,3)15-26(25,14-16)22-19(24)10-9-18(23)21-13-17-7-5-4-6-8-17/h4-8,11-12,16H,9-10,13-15H2,1-3H3,(H,21,23). The van der Waals surface area contributed by atoms with Crippen LogP contribution in [-0.2, 0) is 25.9 Å². The van der Waals surface area contributed by atoms with Gasteiger partial charge < -0.3 is 5.32 Å². The summed E-state index contributed by atoms with van der Waals surface area (Å²) in [5.74, 6) is 0.222. The fourth-order valence-corrected chi connectivity index (χ4v) is 5.90. The van der Waals surface area contributed by atoms with Crippen molar-refractivity contribution < 1.29 is 13.8 Å². The monoisotopic (exact) mass is 376 g/mol. The fraction of sp³-hybridized carbons (Fsp3) is 0.500. The summed E-state index contributed by atoms with van der Waals surface area (Å²) in [5, 5.41) is 2.78. The second-order valence-corrected chi connectivity index (χ2v) is 10.0. The molecule has 0 aromatic heterocycles. The molecule has 2 unspecified atom stereocenters. The van der Waals surface area contributed by atoms with Crippen LogP contribution >= 0.6 is 0 Å². The number of carbonyl (C=O) groups is 2. The maximum absolute atomic E-state index is 13.1. The Bertz CT molecular complexity index is 791. The number of rotatable bonds is 5. The van der Waals surface area contributed by atoms with E-state index in [2.05, 4.69) is 15.8 Å². The summed E-state index contributed by atoms with van der Waals surface area (Å²) in [6, 6.07) is 9.58. The molecule has 0 aliphatic carbocycles. The highest BCUT2D eigenvalue weighted by Gasteiger charge is 2.27. The molecule has 0 saturated carbocycles.